The van der Waals surface area contributed by atoms with E-state index in [0.29, 0.717) is 13.1 Å². The number of piperidine rings is 1. The molecule has 1 saturated heterocycles. The third-order valence-electron chi connectivity index (χ3n) is 5.19. The lowest BCUT2D eigenvalue weighted by Gasteiger charge is -2.43. The van der Waals surface area contributed by atoms with Crippen LogP contribution in [0.5, 0.6) is 0 Å². The normalized spacial score (nSPS) is 24.2. The second kappa shape index (κ2) is 5.84. The van der Waals surface area contributed by atoms with Crippen molar-refractivity contribution in [2.75, 3.05) is 13.1 Å². The highest BCUT2D eigenvalue weighted by molar-refractivity contribution is 7.84. The summed E-state index contributed by atoms with van der Waals surface area (Å²) < 4.78 is 17.5. The van der Waals surface area contributed by atoms with E-state index in [-0.39, 0.29) is 16.2 Å². The molecule has 2 heterocycles. The number of likely N-dealkylation sites (tertiary alicyclic amines) is 1. The number of nitrogens with zero attached hydrogens (tertiary/aromatic N) is 3. The Bertz CT molecular complexity index is 671. The molecule has 1 aliphatic carbocycles. The molecular formula is C16H26N4O3S. The first-order valence-electron chi connectivity index (χ1n) is 8.31. The molecule has 2 atom stereocenters. The lowest BCUT2D eigenvalue weighted by Crippen LogP contribution is -2.48. The smallest absolute Gasteiger partial charge is 0.407 e. The predicted molar refractivity (Wildman–Crippen MR) is 91.9 cm³/mol. The molecule has 0 aromatic carbocycles. The van der Waals surface area contributed by atoms with Crippen LogP contribution in [-0.2, 0) is 24.5 Å². The summed E-state index contributed by atoms with van der Waals surface area (Å²) >= 11 is 0. The third-order valence-corrected chi connectivity index (χ3v) is 6.75. The maximum atomic E-state index is 12.7. The summed E-state index contributed by atoms with van der Waals surface area (Å²) in [5.74, 6) is 0. The van der Waals surface area contributed by atoms with Crippen LogP contribution in [-0.4, -0.2) is 47.9 Å². The number of aromatic nitrogens is 2. The Morgan fingerprint density at radius 2 is 2.04 bits per heavy atom. The van der Waals surface area contributed by atoms with Gasteiger partial charge < -0.3 is 10.0 Å². The molecule has 0 bridgehead atoms. The molecule has 1 aromatic heterocycles. The molecule has 1 aliphatic heterocycles. The van der Waals surface area contributed by atoms with Crippen LogP contribution >= 0.6 is 0 Å². The summed E-state index contributed by atoms with van der Waals surface area (Å²) in [4.78, 5) is 12.7. The van der Waals surface area contributed by atoms with Crippen molar-refractivity contribution in [3.63, 3.8) is 0 Å². The minimum absolute atomic E-state index is 0.0443. The van der Waals surface area contributed by atoms with E-state index < -0.39 is 17.1 Å². The summed E-state index contributed by atoms with van der Waals surface area (Å²) in [5, 5.41) is 13.8. The third kappa shape index (κ3) is 2.97. The molecule has 0 saturated carbocycles. The zero-order valence-electron chi connectivity index (χ0n) is 14.7. The standard InChI is InChI=1S/C16H26N4O3S/c1-15(2,3)24(23)18-13-11-10-19(4)17-12(11)9-16(13)5-7-20(8-6-16)14(21)22/h10,13,18H,5-9H2,1-4H3,(H,21,22)/t13-,24+/m0/s1. The average molecular weight is 354 g/mol. The Morgan fingerprint density at radius 3 is 2.58 bits per heavy atom. The van der Waals surface area contributed by atoms with Crippen LogP contribution in [0, 0.1) is 5.41 Å². The topological polar surface area (TPSA) is 87.5 Å². The highest BCUT2D eigenvalue weighted by atomic mass is 32.2. The van der Waals surface area contributed by atoms with Crippen LogP contribution in [0.3, 0.4) is 0 Å². The molecule has 1 amide bonds. The van der Waals surface area contributed by atoms with E-state index >= 15 is 0 Å². The first-order valence-corrected chi connectivity index (χ1v) is 9.46. The van der Waals surface area contributed by atoms with Gasteiger partial charge in [-0.05, 0) is 45.4 Å². The van der Waals surface area contributed by atoms with E-state index in [1.807, 2.05) is 34.0 Å². The number of carbonyl (C=O) groups is 1. The molecule has 1 aromatic rings. The Balaban J connectivity index is 1.88. The molecule has 24 heavy (non-hydrogen) atoms. The number of fused-ring (bicyclic) bond motifs is 1. The number of hydrogen-bond donors (Lipinski definition) is 2. The zero-order valence-corrected chi connectivity index (χ0v) is 15.5. The average Bonchev–Trinajstić information content (AvgIpc) is 2.94. The van der Waals surface area contributed by atoms with Gasteiger partial charge >= 0.3 is 6.09 Å². The minimum Gasteiger partial charge on any atom is -0.465 e. The van der Waals surface area contributed by atoms with Gasteiger partial charge in [-0.25, -0.2) is 13.7 Å². The zero-order chi connectivity index (χ0) is 17.7. The molecule has 0 radical (unpaired) electrons. The van der Waals surface area contributed by atoms with Gasteiger partial charge in [0.2, 0.25) is 0 Å². The lowest BCUT2D eigenvalue weighted by atomic mass is 9.73. The SMILES string of the molecule is Cn1cc2c(n1)CC1(CCN(C(=O)O)CC1)[C@H]2N[S@](=O)C(C)(C)C. The van der Waals surface area contributed by atoms with Gasteiger partial charge in [0, 0.05) is 31.9 Å². The summed E-state index contributed by atoms with van der Waals surface area (Å²) in [7, 11) is 0.711. The predicted octanol–water partition coefficient (Wildman–Crippen LogP) is 1.83. The van der Waals surface area contributed by atoms with Gasteiger partial charge in [-0.1, -0.05) is 0 Å². The molecule has 2 N–H and O–H groups in total. The monoisotopic (exact) mass is 354 g/mol. The Kier molecular flexibility index (Phi) is 4.24. The van der Waals surface area contributed by atoms with Gasteiger partial charge in [0.05, 0.1) is 27.5 Å². The number of nitrogens with one attached hydrogen (secondary N) is 1. The molecule has 2 aliphatic rings. The van der Waals surface area contributed by atoms with Crippen molar-refractivity contribution in [2.45, 2.75) is 50.8 Å². The van der Waals surface area contributed by atoms with Crippen molar-refractivity contribution in [1.29, 1.82) is 0 Å². The van der Waals surface area contributed by atoms with Crippen LogP contribution in [0.25, 0.3) is 0 Å². The van der Waals surface area contributed by atoms with Gasteiger partial charge in [-0.15, -0.1) is 0 Å². The maximum Gasteiger partial charge on any atom is 0.407 e. The van der Waals surface area contributed by atoms with Crippen molar-refractivity contribution in [1.82, 2.24) is 19.4 Å². The van der Waals surface area contributed by atoms with Gasteiger partial charge in [-0.3, -0.25) is 4.68 Å². The van der Waals surface area contributed by atoms with Crippen molar-refractivity contribution >= 4 is 17.1 Å². The number of rotatable bonds is 2. The highest BCUT2D eigenvalue weighted by Crippen LogP contribution is 2.52. The van der Waals surface area contributed by atoms with Crippen LogP contribution < -0.4 is 4.72 Å². The summed E-state index contributed by atoms with van der Waals surface area (Å²) in [5.41, 5.74) is 2.06. The Morgan fingerprint density at radius 1 is 1.42 bits per heavy atom. The van der Waals surface area contributed by atoms with E-state index in [2.05, 4.69) is 9.82 Å². The number of carboxylic acid groups (broad SMARTS) is 1. The second-order valence-corrected chi connectivity index (χ2v) is 9.94. The van der Waals surface area contributed by atoms with Crippen LogP contribution in [0.2, 0.25) is 0 Å². The molecule has 1 spiro atoms. The molecular weight excluding hydrogens is 328 g/mol. The van der Waals surface area contributed by atoms with E-state index in [9.17, 15) is 14.1 Å². The second-order valence-electron chi connectivity index (χ2n) is 7.95. The van der Waals surface area contributed by atoms with Crippen molar-refractivity contribution in [2.24, 2.45) is 12.5 Å². The molecule has 7 nitrogen and oxygen atoms in total. The molecule has 8 heteroatoms. The fourth-order valence-corrected chi connectivity index (χ4v) is 4.72. The quantitative estimate of drug-likeness (QED) is 0.848. The van der Waals surface area contributed by atoms with Gasteiger partial charge in [0.1, 0.15) is 0 Å². The molecule has 0 unspecified atom stereocenters. The first kappa shape index (κ1) is 17.4. The molecule has 3 rings (SSSR count). The maximum absolute atomic E-state index is 12.7. The fraction of sp³-hybridized carbons (Fsp3) is 0.750. The van der Waals surface area contributed by atoms with Crippen LogP contribution in [0.4, 0.5) is 4.79 Å². The van der Waals surface area contributed by atoms with E-state index in [1.54, 1.807) is 4.68 Å². The Labute approximate surface area is 145 Å². The minimum atomic E-state index is -1.19. The van der Waals surface area contributed by atoms with Gasteiger partial charge in [0.15, 0.2) is 0 Å². The number of aryl methyl sites for hydroxylation is 1. The lowest BCUT2D eigenvalue weighted by molar-refractivity contribution is 0.0761. The van der Waals surface area contributed by atoms with E-state index in [0.717, 1.165) is 30.5 Å². The van der Waals surface area contributed by atoms with E-state index in [1.165, 1.54) is 4.90 Å². The Hall–Kier alpha value is -1.41. The summed E-state index contributed by atoms with van der Waals surface area (Å²) in [6, 6.07) is -0.0443. The van der Waals surface area contributed by atoms with Crippen LogP contribution in [0.1, 0.15) is 50.9 Å². The van der Waals surface area contributed by atoms with Crippen molar-refractivity contribution in [3.8, 4) is 0 Å². The molecule has 1 fully saturated rings. The number of amides is 1. The highest BCUT2D eigenvalue weighted by Gasteiger charge is 2.50. The van der Waals surface area contributed by atoms with Crippen molar-refractivity contribution in [3.05, 3.63) is 17.5 Å². The van der Waals surface area contributed by atoms with Crippen molar-refractivity contribution < 1.29 is 14.1 Å². The first-order chi connectivity index (χ1) is 11.1. The fourth-order valence-electron chi connectivity index (χ4n) is 3.78. The van der Waals surface area contributed by atoms with Crippen LogP contribution in [0.15, 0.2) is 6.20 Å². The summed E-state index contributed by atoms with van der Waals surface area (Å²) in [6.07, 6.45) is 3.49. The summed E-state index contributed by atoms with van der Waals surface area (Å²) in [6.45, 7) is 6.90. The van der Waals surface area contributed by atoms with E-state index in [4.69, 9.17) is 0 Å². The largest absolute Gasteiger partial charge is 0.465 e. The molecule has 134 valence electrons. The van der Waals surface area contributed by atoms with Gasteiger partial charge in [0.25, 0.3) is 0 Å². The van der Waals surface area contributed by atoms with Gasteiger partial charge in [-0.2, -0.15) is 5.10 Å². The number of hydrogen-bond acceptors (Lipinski definition) is 3.